The van der Waals surface area contributed by atoms with Crippen LogP contribution < -0.4 is 10.0 Å². The lowest BCUT2D eigenvalue weighted by molar-refractivity contribution is 0.204. The first-order chi connectivity index (χ1) is 12.8. The molecule has 0 bridgehead atoms. The van der Waals surface area contributed by atoms with Gasteiger partial charge < -0.3 is 15.0 Å². The van der Waals surface area contributed by atoms with Crippen molar-refractivity contribution >= 4 is 40.0 Å². The van der Waals surface area contributed by atoms with Crippen LogP contribution in [0.2, 0.25) is 0 Å². The van der Waals surface area contributed by atoms with Crippen LogP contribution in [0.1, 0.15) is 32.8 Å². The molecule has 1 heterocycles. The Kier molecular flexibility index (Phi) is 10.2. The zero-order valence-electron chi connectivity index (χ0n) is 17.2. The fourth-order valence-corrected chi connectivity index (χ4v) is 4.03. The molecule has 0 amide bonds. The van der Waals surface area contributed by atoms with Crippen molar-refractivity contribution < 1.29 is 13.2 Å². The highest BCUT2D eigenvalue weighted by molar-refractivity contribution is 14.0. The Labute approximate surface area is 186 Å². The van der Waals surface area contributed by atoms with Crippen LogP contribution >= 0.6 is 24.0 Å². The minimum Gasteiger partial charge on any atom is -0.383 e. The van der Waals surface area contributed by atoms with E-state index in [1.165, 1.54) is 7.11 Å². The molecule has 0 spiro atoms. The lowest BCUT2D eigenvalue weighted by atomic mass is 9.93. The van der Waals surface area contributed by atoms with Gasteiger partial charge in [0.1, 0.15) is 0 Å². The molecule has 0 aromatic heterocycles. The molecular weight excluding hydrogens is 491 g/mol. The lowest BCUT2D eigenvalue weighted by Crippen LogP contribution is -2.40. The highest BCUT2D eigenvalue weighted by atomic mass is 127. The van der Waals surface area contributed by atoms with Crippen molar-refractivity contribution in [2.45, 2.75) is 38.6 Å². The molecule has 2 N–H and O–H groups in total. The number of ether oxygens (including phenoxy) is 1. The van der Waals surface area contributed by atoms with Crippen LogP contribution in [-0.4, -0.2) is 59.2 Å². The van der Waals surface area contributed by atoms with Gasteiger partial charge >= 0.3 is 0 Å². The topological polar surface area (TPSA) is 83.0 Å². The lowest BCUT2D eigenvalue weighted by Gasteiger charge is -2.23. The SMILES string of the molecule is CCNC(=NCc1ccc(S(=O)(=O)NCCOC)cc1)N1CCC(C)(C)C1.I. The molecule has 0 saturated carbocycles. The number of guanidine groups is 1. The number of methoxy groups -OCH3 is 1. The number of hydrogen-bond donors (Lipinski definition) is 2. The van der Waals surface area contributed by atoms with Gasteiger partial charge in [0.05, 0.1) is 18.0 Å². The molecule has 28 heavy (non-hydrogen) atoms. The predicted molar refractivity (Wildman–Crippen MR) is 124 cm³/mol. The van der Waals surface area contributed by atoms with E-state index in [-0.39, 0.29) is 35.4 Å². The van der Waals surface area contributed by atoms with Crippen molar-refractivity contribution in [3.63, 3.8) is 0 Å². The third-order valence-corrected chi connectivity index (χ3v) is 6.03. The third-order valence-electron chi connectivity index (χ3n) is 4.56. The number of halogens is 1. The van der Waals surface area contributed by atoms with Crippen molar-refractivity contribution in [1.29, 1.82) is 0 Å². The molecule has 1 aliphatic heterocycles. The van der Waals surface area contributed by atoms with Crippen molar-refractivity contribution in [2.24, 2.45) is 10.4 Å². The molecule has 2 rings (SSSR count). The molecular formula is C19H33IN4O3S. The quantitative estimate of drug-likeness (QED) is 0.236. The summed E-state index contributed by atoms with van der Waals surface area (Å²) in [5, 5.41) is 3.36. The van der Waals surface area contributed by atoms with Crippen LogP contribution in [0.4, 0.5) is 0 Å². The smallest absolute Gasteiger partial charge is 0.240 e. The molecule has 9 heteroatoms. The predicted octanol–water partition coefficient (Wildman–Crippen LogP) is 2.43. The Bertz CT molecular complexity index is 736. The van der Waals surface area contributed by atoms with Gasteiger partial charge in [-0.1, -0.05) is 26.0 Å². The van der Waals surface area contributed by atoms with E-state index in [1.54, 1.807) is 12.1 Å². The summed E-state index contributed by atoms with van der Waals surface area (Å²) in [6.45, 7) is 10.5. The standard InChI is InChI=1S/C19H32N4O3S.HI/c1-5-20-18(23-12-10-19(2,3)15-23)21-14-16-6-8-17(9-7-16)27(24,25)22-11-13-26-4;/h6-9,22H,5,10-15H2,1-4H3,(H,20,21);1H. The Hall–Kier alpha value is -0.910. The van der Waals surface area contributed by atoms with E-state index in [2.05, 4.69) is 35.7 Å². The number of benzene rings is 1. The van der Waals surface area contributed by atoms with Gasteiger partial charge in [-0.25, -0.2) is 18.1 Å². The molecule has 1 aliphatic rings. The van der Waals surface area contributed by atoms with Crippen LogP contribution in [0.5, 0.6) is 0 Å². The third kappa shape index (κ3) is 7.49. The van der Waals surface area contributed by atoms with Crippen molar-refractivity contribution in [1.82, 2.24) is 14.9 Å². The second-order valence-electron chi connectivity index (χ2n) is 7.54. The summed E-state index contributed by atoms with van der Waals surface area (Å²) in [5.74, 6) is 0.918. The van der Waals surface area contributed by atoms with Crippen LogP contribution in [0.3, 0.4) is 0 Å². The zero-order chi connectivity index (χ0) is 19.9. The number of nitrogens with zero attached hydrogens (tertiary/aromatic N) is 2. The maximum Gasteiger partial charge on any atom is 0.240 e. The van der Waals surface area contributed by atoms with Gasteiger partial charge in [0.15, 0.2) is 5.96 Å². The maximum absolute atomic E-state index is 12.2. The van der Waals surface area contributed by atoms with E-state index in [4.69, 9.17) is 9.73 Å². The Morgan fingerprint density at radius 1 is 1.29 bits per heavy atom. The average molecular weight is 524 g/mol. The summed E-state index contributed by atoms with van der Waals surface area (Å²) in [7, 11) is -1.97. The number of sulfonamides is 1. The van der Waals surface area contributed by atoms with Crippen molar-refractivity contribution in [2.75, 3.05) is 39.9 Å². The molecule has 1 aromatic carbocycles. The van der Waals surface area contributed by atoms with Gasteiger partial charge in [0, 0.05) is 33.3 Å². The molecule has 160 valence electrons. The summed E-state index contributed by atoms with van der Waals surface area (Å²) >= 11 is 0. The van der Waals surface area contributed by atoms with Gasteiger partial charge in [-0.2, -0.15) is 0 Å². The molecule has 0 atom stereocenters. The van der Waals surface area contributed by atoms with Crippen molar-refractivity contribution in [3.8, 4) is 0 Å². The van der Waals surface area contributed by atoms with Crippen LogP contribution in [0.25, 0.3) is 0 Å². The maximum atomic E-state index is 12.2. The fraction of sp³-hybridized carbons (Fsp3) is 0.632. The first kappa shape index (κ1) is 25.1. The monoisotopic (exact) mass is 524 g/mol. The van der Waals surface area contributed by atoms with E-state index in [9.17, 15) is 8.42 Å². The largest absolute Gasteiger partial charge is 0.383 e. The van der Waals surface area contributed by atoms with Crippen molar-refractivity contribution in [3.05, 3.63) is 29.8 Å². The van der Waals surface area contributed by atoms with E-state index >= 15 is 0 Å². The fourth-order valence-electron chi connectivity index (χ4n) is 3.02. The number of hydrogen-bond acceptors (Lipinski definition) is 4. The minimum atomic E-state index is -3.50. The highest BCUT2D eigenvalue weighted by Crippen LogP contribution is 2.28. The Morgan fingerprint density at radius 2 is 1.96 bits per heavy atom. The van der Waals surface area contributed by atoms with Gasteiger partial charge in [-0.3, -0.25) is 0 Å². The van der Waals surface area contributed by atoms with Crippen LogP contribution in [0, 0.1) is 5.41 Å². The highest BCUT2D eigenvalue weighted by Gasteiger charge is 2.30. The van der Waals surface area contributed by atoms with E-state index in [0.29, 0.717) is 18.6 Å². The van der Waals surface area contributed by atoms with Crippen LogP contribution in [0.15, 0.2) is 34.2 Å². The van der Waals surface area contributed by atoms with Crippen LogP contribution in [-0.2, 0) is 21.3 Å². The summed E-state index contributed by atoms with van der Waals surface area (Å²) in [6, 6.07) is 6.86. The van der Waals surface area contributed by atoms with Gasteiger partial charge in [-0.15, -0.1) is 24.0 Å². The molecule has 0 aliphatic carbocycles. The number of likely N-dealkylation sites (tertiary alicyclic amines) is 1. The summed E-state index contributed by atoms with van der Waals surface area (Å²) in [4.78, 5) is 7.28. The van der Waals surface area contributed by atoms with E-state index in [0.717, 1.165) is 37.6 Å². The Balaban J connectivity index is 0.00000392. The first-order valence-corrected chi connectivity index (χ1v) is 10.9. The average Bonchev–Trinajstić information content (AvgIpc) is 2.99. The normalized spacial score (nSPS) is 16.7. The molecule has 7 nitrogen and oxygen atoms in total. The van der Waals surface area contributed by atoms with E-state index in [1.807, 2.05) is 12.1 Å². The van der Waals surface area contributed by atoms with E-state index < -0.39 is 10.0 Å². The molecule has 1 saturated heterocycles. The molecule has 0 radical (unpaired) electrons. The number of nitrogens with one attached hydrogen (secondary N) is 2. The van der Waals surface area contributed by atoms with Gasteiger partial charge in [0.25, 0.3) is 0 Å². The summed E-state index contributed by atoms with van der Waals surface area (Å²) in [5.41, 5.74) is 1.28. The van der Waals surface area contributed by atoms with Gasteiger partial charge in [0.2, 0.25) is 10.0 Å². The summed E-state index contributed by atoms with van der Waals surface area (Å²) in [6.07, 6.45) is 1.15. The molecule has 0 unspecified atom stereocenters. The zero-order valence-corrected chi connectivity index (χ0v) is 20.3. The second kappa shape index (κ2) is 11.3. The Morgan fingerprint density at radius 3 is 2.50 bits per heavy atom. The number of rotatable bonds is 8. The second-order valence-corrected chi connectivity index (χ2v) is 9.31. The number of aliphatic imine (C=N–C) groups is 1. The van der Waals surface area contributed by atoms with Gasteiger partial charge in [-0.05, 0) is 36.5 Å². The molecule has 1 fully saturated rings. The molecule has 1 aromatic rings. The first-order valence-electron chi connectivity index (χ1n) is 9.38. The summed E-state index contributed by atoms with van der Waals surface area (Å²) < 4.78 is 31.8. The minimum absolute atomic E-state index is 0.